The molecule has 0 unspecified atom stereocenters. The van der Waals surface area contributed by atoms with Crippen molar-refractivity contribution in [3.63, 3.8) is 0 Å². The first kappa shape index (κ1) is 24.7. The summed E-state index contributed by atoms with van der Waals surface area (Å²) in [6.45, 7) is 2.71. The highest BCUT2D eigenvalue weighted by atomic mass is 16.5. The Hall–Kier alpha value is -2.58. The van der Waals surface area contributed by atoms with Crippen LogP contribution in [0.2, 0.25) is 0 Å². The van der Waals surface area contributed by atoms with Gasteiger partial charge in [0.2, 0.25) is 5.91 Å². The standard InChI is InChI=1S/C26H35NO4/c1-21(11-10-14-22-12-6-5-7-13-22)24(28)18-16-23-17-19-25(29)27(23)20-9-4-3-8-15-26(30)31-2/h5-7,12-13,16,18,21,23-24,28H,3-4,8-9,11,15,17,19-20H2,1-2H3/t21-,23+,24-/m1/s1. The first-order valence-electron chi connectivity index (χ1n) is 11.3. The first-order chi connectivity index (χ1) is 15.0. The molecule has 2 rings (SSSR count). The summed E-state index contributed by atoms with van der Waals surface area (Å²) in [6, 6.07) is 9.88. The number of amides is 1. The van der Waals surface area contributed by atoms with Crippen molar-refractivity contribution in [3.8, 4) is 11.8 Å². The topological polar surface area (TPSA) is 66.8 Å². The van der Waals surface area contributed by atoms with Gasteiger partial charge in [0.15, 0.2) is 0 Å². The lowest BCUT2D eigenvalue weighted by molar-refractivity contribution is -0.140. The zero-order chi connectivity index (χ0) is 22.5. The first-order valence-corrected chi connectivity index (χ1v) is 11.3. The number of benzene rings is 1. The quantitative estimate of drug-likeness (QED) is 0.251. The van der Waals surface area contributed by atoms with Gasteiger partial charge in [0.1, 0.15) is 0 Å². The molecule has 0 radical (unpaired) electrons. The molecule has 31 heavy (non-hydrogen) atoms. The maximum absolute atomic E-state index is 12.2. The molecule has 168 valence electrons. The van der Waals surface area contributed by atoms with Crippen LogP contribution in [0.25, 0.3) is 0 Å². The molecule has 5 nitrogen and oxygen atoms in total. The summed E-state index contributed by atoms with van der Waals surface area (Å²) >= 11 is 0. The molecule has 1 heterocycles. The van der Waals surface area contributed by atoms with E-state index in [0.717, 1.165) is 44.2 Å². The number of methoxy groups -OCH3 is 1. The predicted octanol–water partition coefficient (Wildman–Crippen LogP) is 4.10. The zero-order valence-electron chi connectivity index (χ0n) is 18.8. The van der Waals surface area contributed by atoms with Crippen LogP contribution < -0.4 is 0 Å². The monoisotopic (exact) mass is 425 g/mol. The maximum atomic E-state index is 12.2. The Bertz CT molecular complexity index is 778. The van der Waals surface area contributed by atoms with Gasteiger partial charge in [-0.05, 0) is 37.3 Å². The van der Waals surface area contributed by atoms with Crippen LogP contribution in [0.1, 0.15) is 63.9 Å². The Balaban J connectivity index is 1.74. The molecule has 0 bridgehead atoms. The van der Waals surface area contributed by atoms with Crippen LogP contribution in [0.3, 0.4) is 0 Å². The number of likely N-dealkylation sites (tertiary alicyclic amines) is 1. The van der Waals surface area contributed by atoms with E-state index in [0.29, 0.717) is 19.3 Å². The van der Waals surface area contributed by atoms with E-state index in [1.54, 1.807) is 0 Å². The lowest BCUT2D eigenvalue weighted by atomic mass is 9.99. The highest BCUT2D eigenvalue weighted by Gasteiger charge is 2.28. The van der Waals surface area contributed by atoms with E-state index in [4.69, 9.17) is 0 Å². The molecule has 3 atom stereocenters. The highest BCUT2D eigenvalue weighted by Crippen LogP contribution is 2.22. The summed E-state index contributed by atoms with van der Waals surface area (Å²) < 4.78 is 4.64. The minimum atomic E-state index is -0.582. The second-order valence-electron chi connectivity index (χ2n) is 8.16. The Morgan fingerprint density at radius 1 is 1.26 bits per heavy atom. The number of hydrogen-bond donors (Lipinski definition) is 1. The molecule has 1 saturated heterocycles. The number of esters is 1. The molecular weight excluding hydrogens is 390 g/mol. The summed E-state index contributed by atoms with van der Waals surface area (Å²) in [5, 5.41) is 10.5. The van der Waals surface area contributed by atoms with Crippen molar-refractivity contribution >= 4 is 11.9 Å². The Morgan fingerprint density at radius 3 is 2.74 bits per heavy atom. The summed E-state index contributed by atoms with van der Waals surface area (Å²) in [4.78, 5) is 25.3. The molecule has 1 amide bonds. The third-order valence-electron chi connectivity index (χ3n) is 5.68. The number of hydrogen-bond acceptors (Lipinski definition) is 4. The van der Waals surface area contributed by atoms with Gasteiger partial charge in [-0.3, -0.25) is 9.59 Å². The normalized spacial score (nSPS) is 18.0. The van der Waals surface area contributed by atoms with Crippen molar-refractivity contribution in [2.45, 2.75) is 70.4 Å². The summed E-state index contributed by atoms with van der Waals surface area (Å²) in [7, 11) is 1.41. The van der Waals surface area contributed by atoms with Crippen LogP contribution in [0.4, 0.5) is 0 Å². The maximum Gasteiger partial charge on any atom is 0.305 e. The Kier molecular flexibility index (Phi) is 10.9. The molecule has 5 heteroatoms. The fourth-order valence-electron chi connectivity index (χ4n) is 3.64. The van der Waals surface area contributed by atoms with Crippen molar-refractivity contribution in [2.24, 2.45) is 5.92 Å². The number of carbonyl (C=O) groups is 2. The molecule has 1 aliphatic rings. The van der Waals surface area contributed by atoms with E-state index in [1.165, 1.54) is 7.11 Å². The van der Waals surface area contributed by atoms with Crippen LogP contribution in [0, 0.1) is 17.8 Å². The van der Waals surface area contributed by atoms with E-state index in [2.05, 4.69) is 16.6 Å². The SMILES string of the molecule is COC(=O)CCCCCCN1C(=O)CC[C@@H]1C=C[C@@H](O)[C@H](C)CC#Cc1ccccc1. The van der Waals surface area contributed by atoms with Gasteiger partial charge in [0, 0.05) is 31.4 Å². The third kappa shape index (κ3) is 8.98. The van der Waals surface area contributed by atoms with Crippen molar-refractivity contribution in [3.05, 3.63) is 48.0 Å². The van der Waals surface area contributed by atoms with Gasteiger partial charge in [0.05, 0.1) is 19.3 Å². The second kappa shape index (κ2) is 13.7. The van der Waals surface area contributed by atoms with E-state index in [1.807, 2.05) is 54.3 Å². The molecular formula is C26H35NO4. The van der Waals surface area contributed by atoms with Crippen LogP contribution in [0.5, 0.6) is 0 Å². The fraction of sp³-hybridized carbons (Fsp3) is 0.538. The van der Waals surface area contributed by atoms with Gasteiger partial charge in [-0.1, -0.05) is 62.0 Å². The molecule has 1 N–H and O–H groups in total. The number of unbranched alkanes of at least 4 members (excludes halogenated alkanes) is 3. The van der Waals surface area contributed by atoms with Gasteiger partial charge >= 0.3 is 5.97 Å². The lowest BCUT2D eigenvalue weighted by Crippen LogP contribution is -2.33. The second-order valence-corrected chi connectivity index (χ2v) is 8.16. The smallest absolute Gasteiger partial charge is 0.305 e. The van der Waals surface area contributed by atoms with Gasteiger partial charge in [-0.25, -0.2) is 0 Å². The summed E-state index contributed by atoms with van der Waals surface area (Å²) in [6.07, 6.45) is 9.32. The van der Waals surface area contributed by atoms with Gasteiger partial charge in [-0.2, -0.15) is 0 Å². The molecule has 1 aliphatic heterocycles. The van der Waals surface area contributed by atoms with Crippen LogP contribution in [-0.4, -0.2) is 47.7 Å². The number of carbonyl (C=O) groups excluding carboxylic acids is 2. The minimum Gasteiger partial charge on any atom is -0.469 e. The van der Waals surface area contributed by atoms with Crippen molar-refractivity contribution < 1.29 is 19.4 Å². The number of aliphatic hydroxyl groups excluding tert-OH is 1. The van der Waals surface area contributed by atoms with Crippen molar-refractivity contribution in [1.29, 1.82) is 0 Å². The molecule has 0 aromatic heterocycles. The molecule has 0 saturated carbocycles. The average Bonchev–Trinajstić information content (AvgIpc) is 3.14. The fourth-order valence-corrected chi connectivity index (χ4v) is 3.64. The van der Waals surface area contributed by atoms with Gasteiger partial charge in [0.25, 0.3) is 0 Å². The predicted molar refractivity (Wildman–Crippen MR) is 122 cm³/mol. The molecule has 1 aromatic carbocycles. The Morgan fingerprint density at radius 2 is 2.00 bits per heavy atom. The summed E-state index contributed by atoms with van der Waals surface area (Å²) in [5.74, 6) is 6.30. The molecule has 1 fully saturated rings. The van der Waals surface area contributed by atoms with Crippen molar-refractivity contribution in [2.75, 3.05) is 13.7 Å². The van der Waals surface area contributed by atoms with E-state index >= 15 is 0 Å². The summed E-state index contributed by atoms with van der Waals surface area (Å²) in [5.41, 5.74) is 0.977. The number of rotatable bonds is 11. The third-order valence-corrected chi connectivity index (χ3v) is 5.68. The number of nitrogens with zero attached hydrogens (tertiary/aromatic N) is 1. The van der Waals surface area contributed by atoms with Crippen LogP contribution in [0.15, 0.2) is 42.5 Å². The zero-order valence-corrected chi connectivity index (χ0v) is 18.8. The average molecular weight is 426 g/mol. The molecule has 0 spiro atoms. The minimum absolute atomic E-state index is 0.0211. The van der Waals surface area contributed by atoms with E-state index in [-0.39, 0.29) is 23.8 Å². The van der Waals surface area contributed by atoms with E-state index in [9.17, 15) is 14.7 Å². The molecule has 1 aromatic rings. The highest BCUT2D eigenvalue weighted by molar-refractivity contribution is 5.79. The Labute approximate surface area is 186 Å². The van der Waals surface area contributed by atoms with E-state index < -0.39 is 6.10 Å². The van der Waals surface area contributed by atoms with Gasteiger partial charge in [-0.15, -0.1) is 0 Å². The van der Waals surface area contributed by atoms with Crippen LogP contribution >= 0.6 is 0 Å². The van der Waals surface area contributed by atoms with Gasteiger partial charge < -0.3 is 14.7 Å². The lowest BCUT2D eigenvalue weighted by Gasteiger charge is -2.23. The number of ether oxygens (including phenoxy) is 1. The van der Waals surface area contributed by atoms with Crippen molar-refractivity contribution in [1.82, 2.24) is 4.90 Å². The number of aliphatic hydroxyl groups is 1. The largest absolute Gasteiger partial charge is 0.469 e. The molecule has 0 aliphatic carbocycles. The van der Waals surface area contributed by atoms with Crippen LogP contribution in [-0.2, 0) is 14.3 Å².